The molecule has 37 heavy (non-hydrogen) atoms. The monoisotopic (exact) mass is 517 g/mol. The van der Waals surface area contributed by atoms with Crippen molar-refractivity contribution in [3.63, 3.8) is 0 Å². The molecule has 3 N–H and O–H groups in total. The average molecular weight is 518 g/mol. The molecule has 0 spiro atoms. The number of benzene rings is 2. The van der Waals surface area contributed by atoms with Crippen molar-refractivity contribution in [1.29, 1.82) is 0 Å². The maximum Gasteiger partial charge on any atom is 0.234 e. The van der Waals surface area contributed by atoms with E-state index in [9.17, 15) is 18.7 Å². The Balaban J connectivity index is 1.57. The first kappa shape index (κ1) is 29.2. The minimum atomic E-state index is -0.940. The number of amides is 1. The molecule has 3 rings (SSSR count). The van der Waals surface area contributed by atoms with Crippen LogP contribution in [0.15, 0.2) is 42.5 Å². The van der Waals surface area contributed by atoms with Crippen molar-refractivity contribution in [2.24, 2.45) is 5.92 Å². The Labute approximate surface area is 219 Å². The molecule has 1 saturated heterocycles. The fourth-order valence-electron chi connectivity index (χ4n) is 4.91. The normalized spacial score (nSPS) is 16.5. The zero-order valence-electron chi connectivity index (χ0n) is 22.0. The minimum absolute atomic E-state index is 0.119. The Morgan fingerprint density at radius 3 is 2.49 bits per heavy atom. The summed E-state index contributed by atoms with van der Waals surface area (Å²) in [6.07, 6.45) is 3.20. The second kappa shape index (κ2) is 15.1. The number of piperidine rings is 1. The van der Waals surface area contributed by atoms with E-state index in [1.54, 1.807) is 7.11 Å². The van der Waals surface area contributed by atoms with Crippen LogP contribution in [-0.2, 0) is 28.9 Å². The highest BCUT2D eigenvalue weighted by molar-refractivity contribution is 5.78. The summed E-state index contributed by atoms with van der Waals surface area (Å²) in [5, 5.41) is 17.1. The Hall–Kier alpha value is -2.39. The molecule has 0 aromatic heterocycles. The summed E-state index contributed by atoms with van der Waals surface area (Å²) >= 11 is 0. The second-order valence-electron chi connectivity index (χ2n) is 10.0. The van der Waals surface area contributed by atoms with E-state index in [1.807, 2.05) is 12.1 Å². The van der Waals surface area contributed by atoms with E-state index in [4.69, 9.17) is 4.74 Å². The Morgan fingerprint density at radius 2 is 1.81 bits per heavy atom. The summed E-state index contributed by atoms with van der Waals surface area (Å²) in [5.41, 5.74) is 2.73. The SMILES string of the molecule is CCc1cccc(CNC[C@H](O)[C@H](Cc2cc(F)cc(F)c2)NC(=O)CN2CCC(CCOC)CC2)c1. The maximum absolute atomic E-state index is 13.8. The van der Waals surface area contributed by atoms with E-state index in [0.717, 1.165) is 57.0 Å². The van der Waals surface area contributed by atoms with Crippen molar-refractivity contribution in [2.45, 2.75) is 57.7 Å². The first-order valence-electron chi connectivity index (χ1n) is 13.3. The molecule has 2 atom stereocenters. The molecule has 0 unspecified atom stereocenters. The number of hydrogen-bond donors (Lipinski definition) is 3. The zero-order chi connectivity index (χ0) is 26.6. The summed E-state index contributed by atoms with van der Waals surface area (Å²) in [7, 11) is 1.71. The van der Waals surface area contributed by atoms with Gasteiger partial charge in [0.05, 0.1) is 18.7 Å². The molecule has 1 amide bonds. The molecule has 8 heteroatoms. The van der Waals surface area contributed by atoms with Gasteiger partial charge in [-0.25, -0.2) is 8.78 Å². The lowest BCUT2D eigenvalue weighted by Crippen LogP contribution is -2.51. The van der Waals surface area contributed by atoms with Crippen LogP contribution in [0.3, 0.4) is 0 Å². The highest BCUT2D eigenvalue weighted by Gasteiger charge is 2.25. The van der Waals surface area contributed by atoms with Crippen LogP contribution in [0.5, 0.6) is 0 Å². The van der Waals surface area contributed by atoms with E-state index >= 15 is 0 Å². The van der Waals surface area contributed by atoms with E-state index in [1.165, 1.54) is 17.7 Å². The Morgan fingerprint density at radius 1 is 1.11 bits per heavy atom. The number of rotatable bonds is 14. The first-order valence-corrected chi connectivity index (χ1v) is 13.3. The number of aliphatic hydroxyl groups is 1. The number of aliphatic hydroxyl groups excluding tert-OH is 1. The smallest absolute Gasteiger partial charge is 0.234 e. The van der Waals surface area contributed by atoms with Gasteiger partial charge in [0.25, 0.3) is 0 Å². The van der Waals surface area contributed by atoms with Gasteiger partial charge in [0.1, 0.15) is 11.6 Å². The third-order valence-electron chi connectivity index (χ3n) is 7.08. The van der Waals surface area contributed by atoms with Crippen LogP contribution in [-0.4, -0.2) is 68.0 Å². The standard InChI is InChI=1S/C29H41F2N3O3/c1-3-21-5-4-6-23(13-21)18-32-19-28(35)27(16-24-14-25(30)17-26(31)15-24)33-29(36)20-34-10-7-22(8-11-34)9-12-37-2/h4-6,13-15,17,22,27-28,32,35H,3,7-12,16,18-20H2,1-2H3,(H,33,36)/t27-,28-/m0/s1. The number of halogens is 2. The number of carbonyl (C=O) groups excluding carboxylic acids is 1. The van der Waals surface area contributed by atoms with Gasteiger partial charge in [-0.2, -0.15) is 0 Å². The number of nitrogens with one attached hydrogen (secondary N) is 2. The van der Waals surface area contributed by atoms with Crippen LogP contribution >= 0.6 is 0 Å². The second-order valence-corrected chi connectivity index (χ2v) is 10.0. The average Bonchev–Trinajstić information content (AvgIpc) is 2.87. The summed E-state index contributed by atoms with van der Waals surface area (Å²) in [4.78, 5) is 15.0. The van der Waals surface area contributed by atoms with Crippen molar-refractivity contribution in [3.05, 3.63) is 70.8 Å². The van der Waals surface area contributed by atoms with Gasteiger partial charge in [-0.3, -0.25) is 9.69 Å². The van der Waals surface area contributed by atoms with Crippen LogP contribution < -0.4 is 10.6 Å². The summed E-state index contributed by atoms with van der Waals surface area (Å²) < 4.78 is 32.8. The van der Waals surface area contributed by atoms with Crippen LogP contribution in [0.2, 0.25) is 0 Å². The molecule has 2 aromatic rings. The molecular weight excluding hydrogens is 476 g/mol. The summed E-state index contributed by atoms with van der Waals surface area (Å²) in [6.45, 7) is 5.55. The van der Waals surface area contributed by atoms with Crippen LogP contribution in [0.25, 0.3) is 0 Å². The van der Waals surface area contributed by atoms with Gasteiger partial charge in [0.15, 0.2) is 0 Å². The number of methoxy groups -OCH3 is 1. The van der Waals surface area contributed by atoms with Crippen molar-refractivity contribution in [3.8, 4) is 0 Å². The fourth-order valence-corrected chi connectivity index (χ4v) is 4.91. The van der Waals surface area contributed by atoms with Crippen molar-refractivity contribution in [2.75, 3.05) is 39.9 Å². The van der Waals surface area contributed by atoms with Gasteiger partial charge in [0.2, 0.25) is 5.91 Å². The molecule has 2 aromatic carbocycles. The van der Waals surface area contributed by atoms with Gasteiger partial charge in [-0.15, -0.1) is 0 Å². The Bertz CT molecular complexity index is 962. The van der Waals surface area contributed by atoms with E-state index in [-0.39, 0.29) is 25.4 Å². The molecule has 0 aliphatic carbocycles. The predicted molar refractivity (Wildman–Crippen MR) is 141 cm³/mol. The molecule has 1 heterocycles. The largest absolute Gasteiger partial charge is 0.390 e. The zero-order valence-corrected chi connectivity index (χ0v) is 22.0. The lowest BCUT2D eigenvalue weighted by Gasteiger charge is -2.32. The number of carbonyl (C=O) groups is 1. The minimum Gasteiger partial charge on any atom is -0.390 e. The van der Waals surface area contributed by atoms with Gasteiger partial charge in [0, 0.05) is 32.9 Å². The van der Waals surface area contributed by atoms with Crippen molar-refractivity contribution >= 4 is 5.91 Å². The quantitative estimate of drug-likeness (QED) is 0.358. The fraction of sp³-hybridized carbons (Fsp3) is 0.552. The third kappa shape index (κ3) is 10.1. The van der Waals surface area contributed by atoms with Crippen LogP contribution in [0.4, 0.5) is 8.78 Å². The van der Waals surface area contributed by atoms with Crippen LogP contribution in [0, 0.1) is 17.6 Å². The van der Waals surface area contributed by atoms with E-state index in [0.29, 0.717) is 18.0 Å². The molecule has 204 valence electrons. The van der Waals surface area contributed by atoms with Gasteiger partial charge >= 0.3 is 0 Å². The van der Waals surface area contributed by atoms with Gasteiger partial charge < -0.3 is 20.5 Å². The molecule has 1 fully saturated rings. The molecule has 1 aliphatic heterocycles. The van der Waals surface area contributed by atoms with E-state index in [2.05, 4.69) is 34.6 Å². The number of nitrogens with zero attached hydrogens (tertiary/aromatic N) is 1. The third-order valence-corrected chi connectivity index (χ3v) is 7.08. The van der Waals surface area contributed by atoms with Crippen LogP contribution in [0.1, 0.15) is 42.9 Å². The summed E-state index contributed by atoms with van der Waals surface area (Å²) in [5.74, 6) is -0.951. The molecule has 0 radical (unpaired) electrons. The highest BCUT2D eigenvalue weighted by Crippen LogP contribution is 2.20. The lowest BCUT2D eigenvalue weighted by atomic mass is 9.94. The molecule has 1 aliphatic rings. The number of aryl methyl sites for hydroxylation is 1. The van der Waals surface area contributed by atoms with Gasteiger partial charge in [-0.05, 0) is 79.9 Å². The van der Waals surface area contributed by atoms with E-state index < -0.39 is 23.8 Å². The predicted octanol–water partition coefficient (Wildman–Crippen LogP) is 3.45. The van der Waals surface area contributed by atoms with Crippen molar-refractivity contribution < 1.29 is 23.4 Å². The lowest BCUT2D eigenvalue weighted by molar-refractivity contribution is -0.124. The van der Waals surface area contributed by atoms with Gasteiger partial charge in [-0.1, -0.05) is 31.2 Å². The highest BCUT2D eigenvalue weighted by atomic mass is 19.1. The number of ether oxygens (including phenoxy) is 1. The molecular formula is C29H41F2N3O3. The summed E-state index contributed by atoms with van der Waals surface area (Å²) in [6, 6.07) is 10.8. The van der Waals surface area contributed by atoms with Crippen molar-refractivity contribution in [1.82, 2.24) is 15.5 Å². The molecule has 0 saturated carbocycles. The maximum atomic E-state index is 13.8. The number of hydrogen-bond acceptors (Lipinski definition) is 5. The Kier molecular flexibility index (Phi) is 11.9. The number of likely N-dealkylation sites (tertiary alicyclic amines) is 1. The topological polar surface area (TPSA) is 73.8 Å². The first-order chi connectivity index (χ1) is 17.9. The molecule has 0 bridgehead atoms. The molecule has 6 nitrogen and oxygen atoms in total.